The fourth-order valence-electron chi connectivity index (χ4n) is 7.53. The molecule has 1 aromatic heterocycles. The van der Waals surface area contributed by atoms with E-state index >= 15 is 0 Å². The third-order valence-corrected chi connectivity index (χ3v) is 14.9. The number of rotatable bonds is 19. The van der Waals surface area contributed by atoms with E-state index in [1.807, 2.05) is 78.9 Å². The first-order valence-corrected chi connectivity index (χ1v) is 23.4. The topological polar surface area (TPSA) is 132 Å². The average molecular weight is 880 g/mol. The highest BCUT2D eigenvalue weighted by Gasteiger charge is 2.52. The standard InChI is InChI=1S/C44H54N3O10PS2/c1-9-25-53-37-27-59-60-28-38(37)56-58(47(29(2)3)30(4)5)57-40-36(55-42(41(40)52-8)46-24-23-39(48)45-43(46)49)26-54-44(31-13-11-10-12-14-31,32-15-19-34(50-6)20-16-32)33-17-21-35(51-7)22-18-33/h1,10-24,29-30,36-38,40-42H,25-28H2,2-8H3,(H,45,48,49)/t36-,37-,38?,40?,41-,42-,58?/m1/s1. The number of H-pyrrole nitrogens is 1. The number of benzene rings is 3. The van der Waals surface area contributed by atoms with Crippen molar-refractivity contribution in [3.63, 3.8) is 0 Å². The molecule has 7 atom stereocenters. The van der Waals surface area contributed by atoms with Crippen LogP contribution in [0, 0.1) is 12.3 Å². The predicted octanol–water partition coefficient (Wildman–Crippen LogP) is 7.00. The fourth-order valence-corrected chi connectivity index (χ4v) is 12.0. The fraction of sp³-hybridized carbons (Fsp3) is 0.455. The van der Waals surface area contributed by atoms with Gasteiger partial charge in [-0.2, -0.15) is 0 Å². The minimum absolute atomic E-state index is 0.0123. The first-order valence-electron chi connectivity index (χ1n) is 19.7. The van der Waals surface area contributed by atoms with Gasteiger partial charge < -0.3 is 37.5 Å². The highest BCUT2D eigenvalue weighted by atomic mass is 33.1. The van der Waals surface area contributed by atoms with Gasteiger partial charge >= 0.3 is 5.69 Å². The summed E-state index contributed by atoms with van der Waals surface area (Å²) in [5.74, 6) is 5.32. The van der Waals surface area contributed by atoms with Crippen molar-refractivity contribution in [2.45, 2.75) is 82.1 Å². The number of terminal acetylenes is 1. The Morgan fingerprint density at radius 1 is 0.833 bits per heavy atom. The molecule has 4 aromatic rings. The van der Waals surface area contributed by atoms with Crippen LogP contribution in [-0.4, -0.2) is 103 Å². The molecular weight excluding hydrogens is 826 g/mol. The highest BCUT2D eigenvalue weighted by molar-refractivity contribution is 8.76. The second-order valence-electron chi connectivity index (χ2n) is 14.7. The Labute approximate surface area is 361 Å². The average Bonchev–Trinajstić information content (AvgIpc) is 3.60. The minimum Gasteiger partial charge on any atom is -0.497 e. The number of methoxy groups -OCH3 is 3. The van der Waals surface area contributed by atoms with Crippen LogP contribution in [0.1, 0.15) is 50.6 Å². The molecule has 3 heterocycles. The van der Waals surface area contributed by atoms with E-state index in [9.17, 15) is 9.59 Å². The third kappa shape index (κ3) is 10.3. The van der Waals surface area contributed by atoms with E-state index in [2.05, 4.69) is 43.3 Å². The molecule has 3 aromatic carbocycles. The van der Waals surface area contributed by atoms with Gasteiger partial charge in [-0.1, -0.05) is 82.1 Å². The van der Waals surface area contributed by atoms with Gasteiger partial charge in [0.1, 0.15) is 48.1 Å². The lowest BCUT2D eigenvalue weighted by Gasteiger charge is -2.41. The van der Waals surface area contributed by atoms with Crippen LogP contribution in [0.3, 0.4) is 0 Å². The summed E-state index contributed by atoms with van der Waals surface area (Å²) in [4.78, 5) is 28.0. The summed E-state index contributed by atoms with van der Waals surface area (Å²) >= 11 is 0. The van der Waals surface area contributed by atoms with Gasteiger partial charge in [-0.25, -0.2) is 9.46 Å². The maximum absolute atomic E-state index is 13.4. The van der Waals surface area contributed by atoms with Gasteiger partial charge in [-0.3, -0.25) is 14.3 Å². The normalized spacial score (nSPS) is 22.6. The molecule has 0 saturated carbocycles. The molecule has 16 heteroatoms. The van der Waals surface area contributed by atoms with Crippen molar-refractivity contribution >= 4 is 30.1 Å². The number of nitrogens with zero attached hydrogens (tertiary/aromatic N) is 2. The molecule has 0 radical (unpaired) electrons. The molecule has 2 saturated heterocycles. The second-order valence-corrected chi connectivity index (χ2v) is 18.7. The second kappa shape index (κ2) is 21.4. The van der Waals surface area contributed by atoms with Gasteiger partial charge in [-0.05, 0) is 68.7 Å². The van der Waals surface area contributed by atoms with Gasteiger partial charge in [-0.15, -0.1) is 6.42 Å². The monoisotopic (exact) mass is 879 g/mol. The molecular formula is C44H54N3O10PS2. The maximum atomic E-state index is 13.4. The van der Waals surface area contributed by atoms with Gasteiger partial charge in [0.2, 0.25) is 0 Å². The first-order chi connectivity index (χ1) is 29.0. The number of nitrogens with one attached hydrogen (secondary N) is 1. The third-order valence-electron chi connectivity index (χ3n) is 10.3. The number of hydrogen-bond donors (Lipinski definition) is 1. The Hall–Kier alpha value is -3.65. The molecule has 2 aliphatic heterocycles. The Morgan fingerprint density at radius 3 is 1.95 bits per heavy atom. The molecule has 6 rings (SSSR count). The zero-order valence-corrected chi connectivity index (χ0v) is 37.5. The first kappa shape index (κ1) is 45.9. The van der Waals surface area contributed by atoms with Crippen LogP contribution in [-0.2, 0) is 33.6 Å². The van der Waals surface area contributed by atoms with Crippen molar-refractivity contribution in [2.24, 2.45) is 0 Å². The Balaban J connectivity index is 1.46. The summed E-state index contributed by atoms with van der Waals surface area (Å²) in [6, 6.07) is 26.8. The smallest absolute Gasteiger partial charge is 0.330 e. The molecule has 0 amide bonds. The molecule has 0 bridgehead atoms. The number of ether oxygens (including phenoxy) is 6. The SMILES string of the molecule is C#CCO[C@@H]1CSSCC1OP(OC1[C@@H](OC)[C@H](n2ccc(=O)[nH]c2=O)O[C@@H]1COC(c1ccccc1)(c1ccc(OC)cc1)c1ccc(OC)cc1)N(C(C)C)C(C)C. The van der Waals surface area contributed by atoms with Crippen molar-refractivity contribution in [3.8, 4) is 23.8 Å². The van der Waals surface area contributed by atoms with Crippen molar-refractivity contribution in [3.05, 3.63) is 129 Å². The van der Waals surface area contributed by atoms with E-state index in [4.69, 9.17) is 43.9 Å². The zero-order chi connectivity index (χ0) is 42.8. The number of hydrogen-bond acceptors (Lipinski definition) is 13. The maximum Gasteiger partial charge on any atom is 0.330 e. The van der Waals surface area contributed by atoms with E-state index in [1.54, 1.807) is 42.9 Å². The predicted molar refractivity (Wildman–Crippen MR) is 237 cm³/mol. The van der Waals surface area contributed by atoms with Crippen LogP contribution in [0.2, 0.25) is 0 Å². The van der Waals surface area contributed by atoms with Gasteiger partial charge in [0.05, 0.1) is 26.9 Å². The largest absolute Gasteiger partial charge is 0.497 e. The molecule has 0 aliphatic carbocycles. The summed E-state index contributed by atoms with van der Waals surface area (Å²) in [5.41, 5.74) is 0.136. The lowest BCUT2D eigenvalue weighted by atomic mass is 9.80. The number of aromatic amines is 1. The van der Waals surface area contributed by atoms with Gasteiger partial charge in [0.25, 0.3) is 14.1 Å². The van der Waals surface area contributed by atoms with E-state index in [1.165, 1.54) is 16.8 Å². The minimum atomic E-state index is -1.83. The van der Waals surface area contributed by atoms with Crippen LogP contribution in [0.15, 0.2) is 101 Å². The molecule has 1 N–H and O–H groups in total. The van der Waals surface area contributed by atoms with Crippen LogP contribution < -0.4 is 20.7 Å². The Kier molecular flexibility index (Phi) is 16.4. The van der Waals surface area contributed by atoms with Gasteiger partial charge in [0.15, 0.2) is 6.23 Å². The van der Waals surface area contributed by atoms with E-state index < -0.39 is 49.9 Å². The summed E-state index contributed by atoms with van der Waals surface area (Å²) < 4.78 is 55.4. The summed E-state index contributed by atoms with van der Waals surface area (Å²) in [7, 11) is 6.40. The molecule has 3 unspecified atom stereocenters. The lowest BCUT2D eigenvalue weighted by molar-refractivity contribution is -0.0961. The van der Waals surface area contributed by atoms with E-state index in [0.717, 1.165) is 16.7 Å². The lowest BCUT2D eigenvalue weighted by Crippen LogP contribution is -2.44. The molecule has 0 spiro atoms. The summed E-state index contributed by atoms with van der Waals surface area (Å²) in [6.45, 7) is 8.51. The molecule has 322 valence electrons. The van der Waals surface area contributed by atoms with Crippen molar-refractivity contribution < 1.29 is 37.5 Å². The van der Waals surface area contributed by atoms with Gasteiger partial charge in [0, 0.05) is 43.0 Å². The quantitative estimate of drug-likeness (QED) is 0.0449. The number of aromatic nitrogens is 2. The van der Waals surface area contributed by atoms with Crippen LogP contribution in [0.5, 0.6) is 11.5 Å². The van der Waals surface area contributed by atoms with E-state index in [-0.39, 0.29) is 37.5 Å². The highest BCUT2D eigenvalue weighted by Crippen LogP contribution is 2.53. The Morgan fingerprint density at radius 2 is 1.42 bits per heavy atom. The molecule has 13 nitrogen and oxygen atoms in total. The van der Waals surface area contributed by atoms with E-state index in [0.29, 0.717) is 23.0 Å². The van der Waals surface area contributed by atoms with Crippen molar-refractivity contribution in [1.29, 1.82) is 0 Å². The molecule has 2 fully saturated rings. The van der Waals surface area contributed by atoms with Crippen molar-refractivity contribution in [1.82, 2.24) is 14.2 Å². The van der Waals surface area contributed by atoms with Crippen molar-refractivity contribution in [2.75, 3.05) is 46.0 Å². The van der Waals surface area contributed by atoms with Crippen LogP contribution in [0.4, 0.5) is 0 Å². The van der Waals surface area contributed by atoms with Crippen LogP contribution in [0.25, 0.3) is 0 Å². The zero-order valence-electron chi connectivity index (χ0n) is 34.9. The summed E-state index contributed by atoms with van der Waals surface area (Å²) in [5, 5.41) is 0. The Bertz CT molecular complexity index is 2060. The molecule has 2 aliphatic rings. The van der Waals surface area contributed by atoms with Crippen LogP contribution >= 0.6 is 30.1 Å². The molecule has 60 heavy (non-hydrogen) atoms. The summed E-state index contributed by atoms with van der Waals surface area (Å²) in [6.07, 6.45) is 2.87.